The third-order valence-corrected chi connectivity index (χ3v) is 12.9. The molecule has 12 aromatic rings. The predicted octanol–water partition coefficient (Wildman–Crippen LogP) is 14.5. The fraction of sp³-hybridized carbons (Fsp3) is 0. The van der Waals surface area contributed by atoms with Crippen molar-refractivity contribution in [1.82, 2.24) is 49.8 Å². The number of benzene rings is 6. The van der Waals surface area contributed by atoms with Crippen molar-refractivity contribution < 1.29 is 9.47 Å². The first-order valence-electron chi connectivity index (χ1n) is 24.4. The van der Waals surface area contributed by atoms with E-state index < -0.39 is 0 Å². The molecule has 0 saturated heterocycles. The van der Waals surface area contributed by atoms with Crippen LogP contribution in [-0.2, 0) is 0 Å². The molecule has 6 aromatic carbocycles. The van der Waals surface area contributed by atoms with Gasteiger partial charge in [0.1, 0.15) is 22.8 Å². The lowest BCUT2D eigenvalue weighted by Crippen LogP contribution is -2.18. The Hall–Kier alpha value is -10.9. The minimum atomic E-state index is 0.381. The molecule has 76 heavy (non-hydrogen) atoms. The molecular weight excluding hydrogens is 945 g/mol. The van der Waals surface area contributed by atoms with E-state index in [-0.39, 0.29) is 0 Å². The van der Waals surface area contributed by atoms with Crippen molar-refractivity contribution in [2.45, 2.75) is 0 Å². The summed E-state index contributed by atoms with van der Waals surface area (Å²) in [5.74, 6) is 5.19. The van der Waals surface area contributed by atoms with Gasteiger partial charge in [-0.3, -0.25) is 19.9 Å². The first kappa shape index (κ1) is 43.9. The zero-order valence-electron chi connectivity index (χ0n) is 40.1. The Morgan fingerprint density at radius 2 is 0.526 bits per heavy atom. The Bertz CT molecular complexity index is 3690. The number of para-hydroxylation sites is 8. The number of ether oxygens (including phenoxy) is 2. The summed E-state index contributed by atoms with van der Waals surface area (Å²) in [6.45, 7) is 0. The van der Waals surface area contributed by atoms with Crippen LogP contribution in [0.4, 0.5) is 34.1 Å². The van der Waals surface area contributed by atoms with Crippen LogP contribution >= 0.6 is 0 Å². The highest BCUT2D eigenvalue weighted by atomic mass is 16.5. The smallest absolute Gasteiger partial charge is 0.182 e. The van der Waals surface area contributed by atoms with Crippen molar-refractivity contribution in [2.75, 3.05) is 9.80 Å². The van der Waals surface area contributed by atoms with Gasteiger partial charge in [-0.1, -0.05) is 72.8 Å². The number of hydrogen-bond acceptors (Lipinski definition) is 14. The Morgan fingerprint density at radius 3 is 0.842 bits per heavy atom. The van der Waals surface area contributed by atoms with Gasteiger partial charge in [0.15, 0.2) is 57.9 Å². The van der Waals surface area contributed by atoms with Crippen LogP contribution in [0.3, 0.4) is 0 Å². The van der Waals surface area contributed by atoms with Crippen molar-refractivity contribution in [3.63, 3.8) is 0 Å². The third kappa shape index (κ3) is 8.13. The van der Waals surface area contributed by atoms with Crippen LogP contribution < -0.4 is 19.3 Å². The van der Waals surface area contributed by atoms with Crippen molar-refractivity contribution in [1.29, 1.82) is 0 Å². The molecule has 14 heteroatoms. The Kier molecular flexibility index (Phi) is 10.8. The van der Waals surface area contributed by atoms with Crippen LogP contribution in [0.25, 0.3) is 80.0 Å². The van der Waals surface area contributed by atoms with Gasteiger partial charge in [-0.15, -0.1) is 0 Å². The predicted molar refractivity (Wildman–Crippen MR) is 292 cm³/mol. The SMILES string of the molecule is c1ccc(-c2nc(-c3cc(-c4cc(N5c6ccccc6Oc6ccccc65)cc(N5c6ccccc6Oc6ccccc65)c4)cc(-c4nc(-c5ccccn5)nc(-c5ccccn5)n4)c3)nc(-c3ccccn3)n2)nc1. The number of pyridine rings is 4. The first-order chi connectivity index (χ1) is 37.6. The zero-order chi connectivity index (χ0) is 50.4. The maximum absolute atomic E-state index is 6.55. The summed E-state index contributed by atoms with van der Waals surface area (Å²) in [5, 5.41) is 0. The molecule has 2 aliphatic rings. The molecule has 0 bridgehead atoms. The summed E-state index contributed by atoms with van der Waals surface area (Å²) in [6.07, 6.45) is 6.88. The van der Waals surface area contributed by atoms with Crippen molar-refractivity contribution >= 4 is 34.1 Å². The van der Waals surface area contributed by atoms with Crippen LogP contribution in [0.2, 0.25) is 0 Å². The Labute approximate surface area is 435 Å². The molecule has 0 aliphatic carbocycles. The lowest BCUT2D eigenvalue weighted by Gasteiger charge is -2.36. The summed E-state index contributed by atoms with van der Waals surface area (Å²) in [4.78, 5) is 53.6. The normalized spacial score (nSPS) is 12.1. The number of fused-ring (bicyclic) bond motifs is 4. The molecule has 2 aliphatic heterocycles. The number of aromatic nitrogens is 10. The molecule has 0 spiro atoms. The highest BCUT2D eigenvalue weighted by Gasteiger charge is 2.30. The molecule has 14 nitrogen and oxygen atoms in total. The summed E-state index contributed by atoms with van der Waals surface area (Å²) in [6, 6.07) is 67.7. The van der Waals surface area contributed by atoms with Gasteiger partial charge in [-0.05, 0) is 145 Å². The van der Waals surface area contributed by atoms with E-state index in [1.165, 1.54) is 0 Å². The van der Waals surface area contributed by atoms with Gasteiger partial charge in [0.25, 0.3) is 0 Å². The summed E-state index contributed by atoms with van der Waals surface area (Å²) in [7, 11) is 0. The maximum atomic E-state index is 6.55. The second-order valence-electron chi connectivity index (χ2n) is 17.8. The standard InChI is InChI=1S/C62H38N12O2/c1-5-25-53-49(21-1)73(50-22-2-6-26-54(50)75-53)43-36-40(37-44(38-43)74-51-23-3-7-27-55(51)76-56-28-8-4-24-52(56)74)39-33-41(57-67-59(45-17-9-13-29-63-45)71-60(68-57)46-18-10-14-30-64-46)35-42(34-39)58-69-61(47-19-11-15-31-65-47)72-62(70-58)48-20-12-16-32-66-48/h1-38H. The van der Waals surface area contributed by atoms with E-state index in [2.05, 4.69) is 84.3 Å². The molecule has 0 N–H and O–H groups in total. The lowest BCUT2D eigenvalue weighted by molar-refractivity contribution is 0.477. The van der Waals surface area contributed by atoms with Crippen LogP contribution in [0.5, 0.6) is 23.0 Å². The van der Waals surface area contributed by atoms with Gasteiger partial charge in [0.2, 0.25) is 0 Å². The van der Waals surface area contributed by atoms with Gasteiger partial charge in [0.05, 0.1) is 22.7 Å². The molecule has 0 saturated carbocycles. The fourth-order valence-corrected chi connectivity index (χ4v) is 9.49. The summed E-state index contributed by atoms with van der Waals surface area (Å²) < 4.78 is 13.1. The van der Waals surface area contributed by atoms with E-state index in [1.54, 1.807) is 24.8 Å². The Morgan fingerprint density at radius 1 is 0.250 bits per heavy atom. The van der Waals surface area contributed by atoms with Gasteiger partial charge in [-0.2, -0.15) is 0 Å². The lowest BCUT2D eigenvalue weighted by atomic mass is 9.96. The van der Waals surface area contributed by atoms with Crippen molar-refractivity contribution in [3.8, 4) is 103 Å². The van der Waals surface area contributed by atoms with E-state index in [4.69, 9.17) is 39.4 Å². The van der Waals surface area contributed by atoms with Gasteiger partial charge >= 0.3 is 0 Å². The van der Waals surface area contributed by atoms with Gasteiger partial charge in [-0.25, -0.2) is 29.9 Å². The molecule has 8 heterocycles. The molecular formula is C62H38N12O2. The quantitative estimate of drug-likeness (QED) is 0.135. The number of hydrogen-bond donors (Lipinski definition) is 0. The van der Waals surface area contributed by atoms with E-state index in [1.807, 2.05) is 152 Å². The molecule has 14 rings (SSSR count). The third-order valence-electron chi connectivity index (χ3n) is 12.9. The highest BCUT2D eigenvalue weighted by Crippen LogP contribution is 2.55. The van der Waals surface area contributed by atoms with E-state index in [0.717, 1.165) is 68.2 Å². The van der Waals surface area contributed by atoms with E-state index >= 15 is 0 Å². The van der Waals surface area contributed by atoms with E-state index in [9.17, 15) is 0 Å². The monoisotopic (exact) mass is 982 g/mol. The van der Waals surface area contributed by atoms with Crippen molar-refractivity contribution in [2.24, 2.45) is 0 Å². The topological polar surface area (TPSA) is 154 Å². The molecule has 0 atom stereocenters. The fourth-order valence-electron chi connectivity index (χ4n) is 9.49. The number of nitrogens with zero attached hydrogens (tertiary/aromatic N) is 12. The zero-order valence-corrected chi connectivity index (χ0v) is 40.1. The largest absolute Gasteiger partial charge is 0.453 e. The summed E-state index contributed by atoms with van der Waals surface area (Å²) >= 11 is 0. The second-order valence-corrected chi connectivity index (χ2v) is 17.8. The van der Waals surface area contributed by atoms with E-state index in [0.29, 0.717) is 68.8 Å². The molecule has 0 amide bonds. The minimum absolute atomic E-state index is 0.381. The minimum Gasteiger partial charge on any atom is -0.453 e. The maximum Gasteiger partial charge on any atom is 0.182 e. The second kappa shape index (κ2) is 18.6. The number of rotatable bonds is 9. The molecule has 6 aromatic heterocycles. The Balaban J connectivity index is 1.06. The van der Waals surface area contributed by atoms with Gasteiger partial charge < -0.3 is 19.3 Å². The molecule has 358 valence electrons. The van der Waals surface area contributed by atoms with Crippen LogP contribution in [0, 0.1) is 0 Å². The van der Waals surface area contributed by atoms with Gasteiger partial charge in [0, 0.05) is 47.3 Å². The van der Waals surface area contributed by atoms with Crippen LogP contribution in [0.15, 0.2) is 231 Å². The molecule has 0 radical (unpaired) electrons. The average molecular weight is 983 g/mol. The van der Waals surface area contributed by atoms with Crippen molar-refractivity contribution in [3.05, 3.63) is 231 Å². The highest BCUT2D eigenvalue weighted by molar-refractivity contribution is 5.94. The molecule has 0 unspecified atom stereocenters. The van der Waals surface area contributed by atoms with Crippen LogP contribution in [0.1, 0.15) is 0 Å². The first-order valence-corrected chi connectivity index (χ1v) is 24.4. The molecule has 0 fully saturated rings. The van der Waals surface area contributed by atoms with Crippen LogP contribution in [-0.4, -0.2) is 49.8 Å². The average Bonchev–Trinajstić information content (AvgIpc) is 3.56. The number of anilines is 6. The summed E-state index contributed by atoms with van der Waals surface area (Å²) in [5.41, 5.74) is 10.5.